The zero-order valence-electron chi connectivity index (χ0n) is 8.52. The van der Waals surface area contributed by atoms with E-state index in [1.807, 2.05) is 13.0 Å². The first-order valence-corrected chi connectivity index (χ1v) is 6.09. The van der Waals surface area contributed by atoms with Gasteiger partial charge < -0.3 is 0 Å². The van der Waals surface area contributed by atoms with E-state index in [9.17, 15) is 4.79 Å². The number of ketones is 1. The van der Waals surface area contributed by atoms with Crippen LogP contribution in [0.1, 0.15) is 30.1 Å². The summed E-state index contributed by atoms with van der Waals surface area (Å²) in [6.45, 7) is 5.71. The number of carbonyl (C=O) groups excluding carboxylic acids is 1. The van der Waals surface area contributed by atoms with Gasteiger partial charge in [-0.1, -0.05) is 17.2 Å². The summed E-state index contributed by atoms with van der Waals surface area (Å²) in [7, 11) is 0. The molecule has 1 nitrogen and oxygen atoms in total. The molecule has 0 aromatic heterocycles. The summed E-state index contributed by atoms with van der Waals surface area (Å²) in [6, 6.07) is 5.37. The number of carbonyl (C=O) groups is 1. The van der Waals surface area contributed by atoms with E-state index in [0.29, 0.717) is 17.0 Å². The monoisotopic (exact) mass is 334 g/mol. The highest BCUT2D eigenvalue weighted by atomic mass is 127. The third-order valence-electron chi connectivity index (χ3n) is 2.01. The van der Waals surface area contributed by atoms with Gasteiger partial charge in [-0.3, -0.25) is 4.79 Å². The second kappa shape index (κ2) is 5.66. The van der Waals surface area contributed by atoms with E-state index in [4.69, 9.17) is 11.6 Å². The molecular formula is C12H12ClIO. The van der Waals surface area contributed by atoms with Crippen LogP contribution in [0.5, 0.6) is 0 Å². The number of halogens is 2. The molecule has 0 aliphatic rings. The molecule has 0 N–H and O–H groups in total. The average Bonchev–Trinajstić information content (AvgIpc) is 2.18. The largest absolute Gasteiger partial charge is 0.294 e. The lowest BCUT2D eigenvalue weighted by Crippen LogP contribution is -2.01. The smallest absolute Gasteiger partial charge is 0.164 e. The third-order valence-corrected chi connectivity index (χ3v) is 3.18. The van der Waals surface area contributed by atoms with E-state index in [2.05, 4.69) is 29.2 Å². The molecule has 0 aliphatic carbocycles. The number of benzene rings is 1. The molecule has 1 aromatic carbocycles. The second-order valence-corrected chi connectivity index (χ2v) is 5.10. The van der Waals surface area contributed by atoms with Gasteiger partial charge in [0.2, 0.25) is 0 Å². The van der Waals surface area contributed by atoms with Crippen LogP contribution in [0, 0.1) is 3.57 Å². The number of Topliss-reactive ketones (excluding diaryl/α,β-unsaturated/α-hetero) is 1. The minimum absolute atomic E-state index is 0.130. The Hall–Kier alpha value is -0.350. The average molecular weight is 335 g/mol. The van der Waals surface area contributed by atoms with Gasteiger partial charge in [0.15, 0.2) is 5.78 Å². The Morgan fingerprint density at radius 2 is 2.13 bits per heavy atom. The summed E-state index contributed by atoms with van der Waals surface area (Å²) in [5.74, 6) is 0.130. The number of hydrogen-bond donors (Lipinski definition) is 0. The number of rotatable bonds is 4. The Morgan fingerprint density at radius 3 is 2.73 bits per heavy atom. The van der Waals surface area contributed by atoms with Crippen molar-refractivity contribution in [3.8, 4) is 0 Å². The van der Waals surface area contributed by atoms with Crippen molar-refractivity contribution in [1.29, 1.82) is 0 Å². The first kappa shape index (κ1) is 12.7. The summed E-state index contributed by atoms with van der Waals surface area (Å²) in [6.07, 6.45) is 1.24. The van der Waals surface area contributed by atoms with E-state index in [1.54, 1.807) is 12.1 Å². The van der Waals surface area contributed by atoms with Crippen LogP contribution in [0.4, 0.5) is 0 Å². The fraction of sp³-hybridized carbons (Fsp3) is 0.250. The normalized spacial score (nSPS) is 10.1. The zero-order chi connectivity index (χ0) is 11.4. The first-order valence-electron chi connectivity index (χ1n) is 4.63. The van der Waals surface area contributed by atoms with E-state index < -0.39 is 0 Å². The van der Waals surface area contributed by atoms with Crippen LogP contribution in [-0.4, -0.2) is 5.78 Å². The standard InChI is InChI=1S/C12H12ClIO/c1-8(2)3-6-12(15)10-7-9(13)4-5-11(10)14/h4-5,7H,1,3,6H2,2H3. The van der Waals surface area contributed by atoms with Gasteiger partial charge in [-0.05, 0) is 54.1 Å². The van der Waals surface area contributed by atoms with Gasteiger partial charge in [0.25, 0.3) is 0 Å². The Kier molecular flexibility index (Phi) is 4.80. The minimum atomic E-state index is 0.130. The zero-order valence-corrected chi connectivity index (χ0v) is 11.4. The minimum Gasteiger partial charge on any atom is -0.294 e. The molecule has 0 spiro atoms. The lowest BCUT2D eigenvalue weighted by Gasteiger charge is -2.04. The molecule has 0 atom stereocenters. The van der Waals surface area contributed by atoms with Gasteiger partial charge in [0.05, 0.1) is 0 Å². The van der Waals surface area contributed by atoms with Crippen molar-refractivity contribution < 1.29 is 4.79 Å². The van der Waals surface area contributed by atoms with Gasteiger partial charge >= 0.3 is 0 Å². The van der Waals surface area contributed by atoms with Crippen LogP contribution in [0.25, 0.3) is 0 Å². The summed E-state index contributed by atoms with van der Waals surface area (Å²) < 4.78 is 0.948. The van der Waals surface area contributed by atoms with Crippen molar-refractivity contribution in [2.24, 2.45) is 0 Å². The summed E-state index contributed by atoms with van der Waals surface area (Å²) in [4.78, 5) is 11.8. The van der Waals surface area contributed by atoms with Gasteiger partial charge in [0.1, 0.15) is 0 Å². The van der Waals surface area contributed by atoms with E-state index in [-0.39, 0.29) is 5.78 Å². The second-order valence-electron chi connectivity index (χ2n) is 3.50. The molecule has 0 unspecified atom stereocenters. The molecule has 1 rings (SSSR count). The Labute approximate surface area is 109 Å². The molecule has 0 fully saturated rings. The van der Waals surface area contributed by atoms with Crippen molar-refractivity contribution in [2.75, 3.05) is 0 Å². The molecule has 15 heavy (non-hydrogen) atoms. The van der Waals surface area contributed by atoms with Crippen LogP contribution in [-0.2, 0) is 0 Å². The lowest BCUT2D eigenvalue weighted by atomic mass is 10.0. The molecule has 0 bridgehead atoms. The molecule has 0 saturated heterocycles. The lowest BCUT2D eigenvalue weighted by molar-refractivity contribution is 0.0982. The van der Waals surface area contributed by atoms with Gasteiger partial charge in [-0.15, -0.1) is 6.58 Å². The van der Waals surface area contributed by atoms with Crippen LogP contribution in [0.2, 0.25) is 5.02 Å². The predicted octanol–water partition coefficient (Wildman–Crippen LogP) is 4.48. The molecule has 0 saturated carbocycles. The molecule has 1 aromatic rings. The maximum atomic E-state index is 11.8. The van der Waals surface area contributed by atoms with E-state index >= 15 is 0 Å². The van der Waals surface area contributed by atoms with Crippen molar-refractivity contribution in [3.05, 3.63) is 44.5 Å². The van der Waals surface area contributed by atoms with Crippen LogP contribution < -0.4 is 0 Å². The van der Waals surface area contributed by atoms with Crippen molar-refractivity contribution in [2.45, 2.75) is 19.8 Å². The van der Waals surface area contributed by atoms with Gasteiger partial charge in [-0.2, -0.15) is 0 Å². The SMILES string of the molecule is C=C(C)CCC(=O)c1cc(Cl)ccc1I. The Morgan fingerprint density at radius 1 is 1.47 bits per heavy atom. The first-order chi connectivity index (χ1) is 7.00. The van der Waals surface area contributed by atoms with Crippen LogP contribution in [0.15, 0.2) is 30.4 Å². The quantitative estimate of drug-likeness (QED) is 0.451. The van der Waals surface area contributed by atoms with Crippen molar-refractivity contribution >= 4 is 40.0 Å². The molecule has 0 heterocycles. The Balaban J connectivity index is 2.81. The van der Waals surface area contributed by atoms with Crippen LogP contribution in [0.3, 0.4) is 0 Å². The summed E-state index contributed by atoms with van der Waals surface area (Å²) in [5, 5.41) is 0.606. The fourth-order valence-electron chi connectivity index (χ4n) is 1.17. The summed E-state index contributed by atoms with van der Waals surface area (Å²) >= 11 is 8.00. The van der Waals surface area contributed by atoms with Crippen LogP contribution >= 0.6 is 34.2 Å². The molecule has 0 amide bonds. The fourth-order valence-corrected chi connectivity index (χ4v) is 1.98. The maximum Gasteiger partial charge on any atom is 0.164 e. The van der Waals surface area contributed by atoms with Crippen molar-refractivity contribution in [1.82, 2.24) is 0 Å². The van der Waals surface area contributed by atoms with E-state index in [0.717, 1.165) is 15.6 Å². The van der Waals surface area contributed by atoms with Gasteiger partial charge in [0, 0.05) is 20.6 Å². The predicted molar refractivity (Wildman–Crippen MR) is 72.5 cm³/mol. The topological polar surface area (TPSA) is 17.1 Å². The Bertz CT molecular complexity index is 399. The maximum absolute atomic E-state index is 11.8. The molecule has 80 valence electrons. The van der Waals surface area contributed by atoms with Gasteiger partial charge in [-0.25, -0.2) is 0 Å². The van der Waals surface area contributed by atoms with E-state index in [1.165, 1.54) is 0 Å². The highest BCUT2D eigenvalue weighted by Gasteiger charge is 2.10. The third kappa shape index (κ3) is 3.95. The van der Waals surface area contributed by atoms with Crippen molar-refractivity contribution in [3.63, 3.8) is 0 Å². The molecule has 0 aliphatic heterocycles. The highest BCUT2D eigenvalue weighted by molar-refractivity contribution is 14.1. The number of hydrogen-bond acceptors (Lipinski definition) is 1. The highest BCUT2D eigenvalue weighted by Crippen LogP contribution is 2.20. The molecular weight excluding hydrogens is 322 g/mol. The summed E-state index contributed by atoms with van der Waals surface area (Å²) in [5.41, 5.74) is 1.74. The molecule has 3 heteroatoms. The molecule has 0 radical (unpaired) electrons. The number of allylic oxidation sites excluding steroid dienone is 1.